The maximum absolute atomic E-state index is 13.8. The molecule has 0 spiro atoms. The van der Waals surface area contributed by atoms with Crippen molar-refractivity contribution in [3.05, 3.63) is 29.6 Å². The van der Waals surface area contributed by atoms with Gasteiger partial charge in [0.1, 0.15) is 5.82 Å². The summed E-state index contributed by atoms with van der Waals surface area (Å²) in [5.74, 6) is -0.0924. The zero-order valence-electron chi connectivity index (χ0n) is 10.1. The van der Waals surface area contributed by atoms with Crippen molar-refractivity contribution in [3.63, 3.8) is 0 Å². The molecule has 18 heavy (non-hydrogen) atoms. The predicted molar refractivity (Wildman–Crippen MR) is 67.7 cm³/mol. The zero-order valence-corrected chi connectivity index (χ0v) is 11.0. The van der Waals surface area contributed by atoms with Crippen LogP contribution in [0.25, 0.3) is 0 Å². The lowest BCUT2D eigenvalue weighted by molar-refractivity contribution is 0.306. The van der Waals surface area contributed by atoms with Crippen LogP contribution in [0.1, 0.15) is 24.3 Å². The summed E-state index contributed by atoms with van der Waals surface area (Å²) in [5, 5.41) is 8.88. The Morgan fingerprint density at radius 1 is 1.44 bits per heavy atom. The van der Waals surface area contributed by atoms with Crippen molar-refractivity contribution < 1.29 is 17.9 Å². The van der Waals surface area contributed by atoms with Gasteiger partial charge in [-0.3, -0.25) is 4.31 Å². The van der Waals surface area contributed by atoms with E-state index in [2.05, 4.69) is 0 Å². The van der Waals surface area contributed by atoms with E-state index in [4.69, 9.17) is 5.11 Å². The molecule has 0 aromatic heterocycles. The molecule has 100 valence electrons. The normalized spacial score (nSPS) is 15.7. The van der Waals surface area contributed by atoms with Crippen molar-refractivity contribution in [2.45, 2.75) is 18.8 Å². The summed E-state index contributed by atoms with van der Waals surface area (Å²) in [5.41, 5.74) is 0.907. The fourth-order valence-electron chi connectivity index (χ4n) is 1.97. The molecule has 1 N–H and O–H groups in total. The van der Waals surface area contributed by atoms with Gasteiger partial charge in [0.25, 0.3) is 0 Å². The lowest BCUT2D eigenvalue weighted by Gasteiger charge is -2.21. The number of anilines is 1. The highest BCUT2D eigenvalue weighted by Gasteiger charge is 2.27. The maximum Gasteiger partial charge on any atom is 0.232 e. The van der Waals surface area contributed by atoms with Crippen LogP contribution in [0.15, 0.2) is 18.2 Å². The second-order valence-electron chi connectivity index (χ2n) is 4.54. The largest absolute Gasteiger partial charge is 0.394 e. The van der Waals surface area contributed by atoms with Crippen LogP contribution < -0.4 is 4.31 Å². The summed E-state index contributed by atoms with van der Waals surface area (Å²) >= 11 is 0. The van der Waals surface area contributed by atoms with Gasteiger partial charge in [-0.2, -0.15) is 0 Å². The third kappa shape index (κ3) is 2.81. The van der Waals surface area contributed by atoms with E-state index in [0.717, 1.165) is 23.4 Å². The van der Waals surface area contributed by atoms with E-state index in [-0.39, 0.29) is 30.6 Å². The summed E-state index contributed by atoms with van der Waals surface area (Å²) < 4.78 is 38.0. The van der Waals surface area contributed by atoms with Crippen LogP contribution in [0.5, 0.6) is 0 Å². The Hall–Kier alpha value is -1.14. The third-order valence-electron chi connectivity index (χ3n) is 2.99. The van der Waals surface area contributed by atoms with Gasteiger partial charge in [-0.1, -0.05) is 6.07 Å². The van der Waals surface area contributed by atoms with Crippen molar-refractivity contribution >= 4 is 15.7 Å². The number of aliphatic hydroxyl groups excluding tert-OH is 1. The first-order valence-electron chi connectivity index (χ1n) is 5.81. The minimum absolute atomic E-state index is 0.0684. The van der Waals surface area contributed by atoms with Gasteiger partial charge in [-0.05, 0) is 36.5 Å². The molecule has 1 aliphatic carbocycles. The summed E-state index contributed by atoms with van der Waals surface area (Å²) in [4.78, 5) is 0. The first kappa shape index (κ1) is 13.3. The van der Waals surface area contributed by atoms with E-state index >= 15 is 0 Å². The van der Waals surface area contributed by atoms with Crippen molar-refractivity contribution in [3.8, 4) is 0 Å². The van der Waals surface area contributed by atoms with Gasteiger partial charge in [0.2, 0.25) is 10.0 Å². The second kappa shape index (κ2) is 4.85. The number of rotatable bonds is 5. The molecule has 1 aromatic carbocycles. The molecule has 1 aliphatic rings. The minimum atomic E-state index is -3.51. The van der Waals surface area contributed by atoms with Crippen LogP contribution in [0.2, 0.25) is 0 Å². The minimum Gasteiger partial charge on any atom is -0.394 e. The van der Waals surface area contributed by atoms with E-state index in [1.165, 1.54) is 6.07 Å². The number of aliphatic hydroxyl groups is 1. The number of hydrogen-bond acceptors (Lipinski definition) is 3. The predicted octanol–water partition coefficient (Wildman–Crippen LogP) is 1.46. The van der Waals surface area contributed by atoms with Gasteiger partial charge < -0.3 is 5.11 Å². The number of halogens is 1. The molecule has 0 atom stereocenters. The maximum atomic E-state index is 13.8. The van der Waals surface area contributed by atoms with Crippen molar-refractivity contribution in [2.24, 2.45) is 0 Å². The molecular formula is C12H16FNO3S. The standard InChI is InChI=1S/C12H16FNO3S/c1-18(16,17)14(6-7-15)10-4-5-11(9-2-3-9)12(13)8-10/h4-5,8-9,15H,2-3,6-7H2,1H3. The average molecular weight is 273 g/mol. The van der Waals surface area contributed by atoms with E-state index in [1.54, 1.807) is 12.1 Å². The molecule has 2 rings (SSSR count). The Kier molecular flexibility index (Phi) is 3.59. The molecule has 0 bridgehead atoms. The number of sulfonamides is 1. The van der Waals surface area contributed by atoms with Gasteiger partial charge in [-0.15, -0.1) is 0 Å². The Bertz CT molecular complexity index is 540. The van der Waals surface area contributed by atoms with Gasteiger partial charge in [-0.25, -0.2) is 12.8 Å². The van der Waals surface area contributed by atoms with Crippen LogP contribution >= 0.6 is 0 Å². The fourth-order valence-corrected chi connectivity index (χ4v) is 2.88. The molecule has 1 saturated carbocycles. The SMILES string of the molecule is CS(=O)(=O)N(CCO)c1ccc(C2CC2)c(F)c1. The molecule has 0 unspecified atom stereocenters. The molecule has 0 saturated heterocycles. The van der Waals surface area contributed by atoms with Crippen molar-refractivity contribution in [1.82, 2.24) is 0 Å². The van der Waals surface area contributed by atoms with E-state index in [9.17, 15) is 12.8 Å². The first-order chi connectivity index (χ1) is 8.43. The Morgan fingerprint density at radius 3 is 2.56 bits per heavy atom. The summed E-state index contributed by atoms with van der Waals surface area (Å²) in [6.07, 6.45) is 3.01. The third-order valence-corrected chi connectivity index (χ3v) is 4.19. The topological polar surface area (TPSA) is 57.6 Å². The summed E-state index contributed by atoms with van der Waals surface area (Å²) in [7, 11) is -3.51. The van der Waals surface area contributed by atoms with E-state index in [1.807, 2.05) is 0 Å². The van der Waals surface area contributed by atoms with Crippen LogP contribution in [0, 0.1) is 5.82 Å². The fraction of sp³-hybridized carbons (Fsp3) is 0.500. The molecular weight excluding hydrogens is 257 g/mol. The van der Waals surface area contributed by atoms with E-state index < -0.39 is 10.0 Å². The van der Waals surface area contributed by atoms with Gasteiger partial charge in [0, 0.05) is 0 Å². The monoisotopic (exact) mass is 273 g/mol. The first-order valence-corrected chi connectivity index (χ1v) is 7.66. The summed E-state index contributed by atoms with van der Waals surface area (Å²) in [6, 6.07) is 4.45. The van der Waals surface area contributed by atoms with Crippen LogP contribution in [-0.4, -0.2) is 32.9 Å². The van der Waals surface area contributed by atoms with Crippen LogP contribution in [0.4, 0.5) is 10.1 Å². The summed E-state index contributed by atoms with van der Waals surface area (Å²) in [6.45, 7) is -0.375. The Balaban J connectivity index is 2.33. The molecule has 0 heterocycles. The highest BCUT2D eigenvalue weighted by molar-refractivity contribution is 7.92. The zero-order chi connectivity index (χ0) is 13.3. The molecule has 0 aliphatic heterocycles. The van der Waals surface area contributed by atoms with Gasteiger partial charge >= 0.3 is 0 Å². The van der Waals surface area contributed by atoms with Gasteiger partial charge in [0.05, 0.1) is 25.1 Å². The molecule has 0 radical (unpaired) electrons. The number of nitrogens with zero attached hydrogens (tertiary/aromatic N) is 1. The molecule has 1 aromatic rings. The Morgan fingerprint density at radius 2 is 2.11 bits per heavy atom. The lowest BCUT2D eigenvalue weighted by Crippen LogP contribution is -2.32. The molecule has 0 amide bonds. The average Bonchev–Trinajstić information content (AvgIpc) is 3.08. The highest BCUT2D eigenvalue weighted by Crippen LogP contribution is 2.41. The smallest absolute Gasteiger partial charge is 0.232 e. The van der Waals surface area contributed by atoms with Crippen molar-refractivity contribution in [2.75, 3.05) is 23.7 Å². The molecule has 1 fully saturated rings. The molecule has 4 nitrogen and oxygen atoms in total. The quantitative estimate of drug-likeness (QED) is 0.883. The van der Waals surface area contributed by atoms with Gasteiger partial charge in [0.15, 0.2) is 0 Å². The number of benzene rings is 1. The highest BCUT2D eigenvalue weighted by atomic mass is 32.2. The lowest BCUT2D eigenvalue weighted by atomic mass is 10.1. The van der Waals surface area contributed by atoms with Crippen molar-refractivity contribution in [1.29, 1.82) is 0 Å². The number of hydrogen-bond donors (Lipinski definition) is 1. The second-order valence-corrected chi connectivity index (χ2v) is 6.45. The van der Waals surface area contributed by atoms with E-state index in [0.29, 0.717) is 5.56 Å². The van der Waals surface area contributed by atoms with Crippen LogP contribution in [-0.2, 0) is 10.0 Å². The Labute approximate surface area is 106 Å². The van der Waals surface area contributed by atoms with Crippen LogP contribution in [0.3, 0.4) is 0 Å². The molecule has 6 heteroatoms.